The van der Waals surface area contributed by atoms with Crippen molar-refractivity contribution in [2.24, 2.45) is 7.05 Å². The summed E-state index contributed by atoms with van der Waals surface area (Å²) in [6.45, 7) is 6.29. The highest BCUT2D eigenvalue weighted by Crippen LogP contribution is 2.28. The summed E-state index contributed by atoms with van der Waals surface area (Å²) in [5.41, 5.74) is 0.936. The first-order chi connectivity index (χ1) is 10.7. The molecule has 2 aromatic rings. The first-order valence-electron chi connectivity index (χ1n) is 8.10. The molecule has 0 aromatic carbocycles. The predicted molar refractivity (Wildman–Crippen MR) is 87.5 cm³/mol. The highest BCUT2D eigenvalue weighted by atomic mass is 15.4. The molecule has 2 saturated heterocycles. The maximum atomic E-state index is 4.91. The van der Waals surface area contributed by atoms with Gasteiger partial charge in [0.15, 0.2) is 5.65 Å². The second-order valence-corrected chi connectivity index (χ2v) is 6.34. The Morgan fingerprint density at radius 2 is 1.59 bits per heavy atom. The Labute approximate surface area is 130 Å². The first kappa shape index (κ1) is 13.8. The van der Waals surface area contributed by atoms with Crippen LogP contribution in [0.1, 0.15) is 12.8 Å². The molecule has 0 aliphatic carbocycles. The van der Waals surface area contributed by atoms with Crippen LogP contribution in [0.3, 0.4) is 0 Å². The molecule has 2 fully saturated rings. The number of hydrogen-bond acceptors (Lipinski definition) is 6. The molecule has 2 aromatic heterocycles. The molecule has 0 unspecified atom stereocenters. The first-order valence-corrected chi connectivity index (χ1v) is 8.10. The average Bonchev–Trinajstić information content (AvgIpc) is 3.18. The van der Waals surface area contributed by atoms with Gasteiger partial charge in [0, 0.05) is 46.3 Å². The number of rotatable bonds is 2. The van der Waals surface area contributed by atoms with E-state index in [9.17, 15) is 0 Å². The van der Waals surface area contributed by atoms with E-state index in [0.717, 1.165) is 62.1 Å². The standard InChI is InChI=1S/C15H23N7/c1-19-7-9-21(10-8-19)14-12-11-16-20(2)13(12)17-15(18-14)22-5-3-4-6-22/h11H,3-10H2,1-2H3. The Bertz CT molecular complexity index is 666. The van der Waals surface area contributed by atoms with Gasteiger partial charge in [0.25, 0.3) is 0 Å². The molecule has 4 heterocycles. The average molecular weight is 301 g/mol. The van der Waals surface area contributed by atoms with Crippen LogP contribution in [0.2, 0.25) is 0 Å². The van der Waals surface area contributed by atoms with Crippen LogP contribution in [0.4, 0.5) is 11.8 Å². The zero-order chi connectivity index (χ0) is 15.1. The van der Waals surface area contributed by atoms with Crippen molar-refractivity contribution in [1.29, 1.82) is 0 Å². The summed E-state index contributed by atoms with van der Waals surface area (Å²) >= 11 is 0. The van der Waals surface area contributed by atoms with E-state index in [1.807, 2.05) is 17.9 Å². The van der Waals surface area contributed by atoms with Crippen LogP contribution in [0.15, 0.2) is 6.20 Å². The van der Waals surface area contributed by atoms with Crippen molar-refractivity contribution in [2.75, 3.05) is 56.1 Å². The second-order valence-electron chi connectivity index (χ2n) is 6.34. The summed E-state index contributed by atoms with van der Waals surface area (Å²) in [5, 5.41) is 5.46. The van der Waals surface area contributed by atoms with E-state index < -0.39 is 0 Å². The fourth-order valence-electron chi connectivity index (χ4n) is 3.31. The van der Waals surface area contributed by atoms with Crippen LogP contribution in [0, 0.1) is 0 Å². The molecule has 0 amide bonds. The number of aryl methyl sites for hydroxylation is 1. The molecule has 0 N–H and O–H groups in total. The minimum atomic E-state index is 0.863. The third kappa shape index (κ3) is 2.29. The molecule has 2 aliphatic rings. The van der Waals surface area contributed by atoms with Crippen molar-refractivity contribution < 1.29 is 0 Å². The quantitative estimate of drug-likeness (QED) is 0.814. The second kappa shape index (κ2) is 5.39. The predicted octanol–water partition coefficient (Wildman–Crippen LogP) is 0.715. The zero-order valence-corrected chi connectivity index (χ0v) is 13.4. The fraction of sp³-hybridized carbons (Fsp3) is 0.667. The lowest BCUT2D eigenvalue weighted by Gasteiger charge is -2.33. The van der Waals surface area contributed by atoms with Crippen molar-refractivity contribution in [3.8, 4) is 0 Å². The van der Waals surface area contributed by atoms with Gasteiger partial charge in [-0.3, -0.25) is 4.68 Å². The van der Waals surface area contributed by atoms with Crippen molar-refractivity contribution in [1.82, 2.24) is 24.6 Å². The molecule has 7 nitrogen and oxygen atoms in total. The van der Waals surface area contributed by atoms with E-state index in [1.54, 1.807) is 0 Å². The summed E-state index contributed by atoms with van der Waals surface area (Å²) in [4.78, 5) is 16.7. The Morgan fingerprint density at radius 3 is 2.32 bits per heavy atom. The van der Waals surface area contributed by atoms with Crippen molar-refractivity contribution >= 4 is 22.8 Å². The Balaban J connectivity index is 1.77. The molecule has 0 atom stereocenters. The van der Waals surface area contributed by atoms with Crippen molar-refractivity contribution in [3.05, 3.63) is 6.20 Å². The molecule has 2 aliphatic heterocycles. The smallest absolute Gasteiger partial charge is 0.229 e. The summed E-state index contributed by atoms with van der Waals surface area (Å²) in [5.74, 6) is 1.91. The SMILES string of the molecule is CN1CCN(c2nc(N3CCCC3)nc3c2cnn3C)CC1. The summed E-state index contributed by atoms with van der Waals surface area (Å²) < 4.78 is 1.86. The van der Waals surface area contributed by atoms with E-state index in [2.05, 4.69) is 26.8 Å². The molecule has 118 valence electrons. The molecule has 0 bridgehead atoms. The van der Waals surface area contributed by atoms with Gasteiger partial charge in [-0.05, 0) is 19.9 Å². The molecular formula is C15H23N7. The summed E-state index contributed by atoms with van der Waals surface area (Å²) in [7, 11) is 4.13. The highest BCUT2D eigenvalue weighted by molar-refractivity contribution is 5.88. The van der Waals surface area contributed by atoms with E-state index in [4.69, 9.17) is 9.97 Å². The van der Waals surface area contributed by atoms with Crippen LogP contribution in [0.25, 0.3) is 11.0 Å². The van der Waals surface area contributed by atoms with E-state index in [1.165, 1.54) is 12.8 Å². The molecule has 0 saturated carbocycles. The largest absolute Gasteiger partial charge is 0.353 e. The van der Waals surface area contributed by atoms with Gasteiger partial charge >= 0.3 is 0 Å². The van der Waals surface area contributed by atoms with Crippen molar-refractivity contribution in [3.63, 3.8) is 0 Å². The number of piperazine rings is 1. The molecule has 0 spiro atoms. The van der Waals surface area contributed by atoms with Gasteiger partial charge in [-0.1, -0.05) is 0 Å². The van der Waals surface area contributed by atoms with Gasteiger partial charge in [0.1, 0.15) is 5.82 Å². The van der Waals surface area contributed by atoms with Gasteiger partial charge in [0.05, 0.1) is 11.6 Å². The van der Waals surface area contributed by atoms with Gasteiger partial charge in [0.2, 0.25) is 5.95 Å². The lowest BCUT2D eigenvalue weighted by molar-refractivity contribution is 0.312. The third-order valence-electron chi connectivity index (χ3n) is 4.75. The topological polar surface area (TPSA) is 53.3 Å². The van der Waals surface area contributed by atoms with Crippen LogP contribution < -0.4 is 9.80 Å². The monoisotopic (exact) mass is 301 g/mol. The molecular weight excluding hydrogens is 278 g/mol. The number of aromatic nitrogens is 4. The van der Waals surface area contributed by atoms with Crippen LogP contribution >= 0.6 is 0 Å². The molecule has 0 radical (unpaired) electrons. The number of likely N-dealkylation sites (N-methyl/N-ethyl adjacent to an activating group) is 1. The lowest BCUT2D eigenvalue weighted by atomic mass is 10.3. The van der Waals surface area contributed by atoms with Crippen LogP contribution in [0.5, 0.6) is 0 Å². The molecule has 7 heteroatoms. The molecule has 4 rings (SSSR count). The van der Waals surface area contributed by atoms with Crippen LogP contribution in [-0.2, 0) is 7.05 Å². The normalized spacial score (nSPS) is 20.3. The van der Waals surface area contributed by atoms with E-state index >= 15 is 0 Å². The lowest BCUT2D eigenvalue weighted by Crippen LogP contribution is -2.45. The van der Waals surface area contributed by atoms with Gasteiger partial charge < -0.3 is 14.7 Å². The maximum Gasteiger partial charge on any atom is 0.229 e. The molecule has 22 heavy (non-hydrogen) atoms. The zero-order valence-electron chi connectivity index (χ0n) is 13.4. The van der Waals surface area contributed by atoms with Crippen molar-refractivity contribution in [2.45, 2.75) is 12.8 Å². The summed E-state index contributed by atoms with van der Waals surface area (Å²) in [6.07, 6.45) is 4.37. The Hall–Kier alpha value is -1.89. The number of hydrogen-bond donors (Lipinski definition) is 0. The number of fused-ring (bicyclic) bond motifs is 1. The third-order valence-corrected chi connectivity index (χ3v) is 4.75. The van der Waals surface area contributed by atoms with Gasteiger partial charge in [-0.2, -0.15) is 15.1 Å². The number of nitrogens with zero attached hydrogens (tertiary/aromatic N) is 7. The fourth-order valence-corrected chi connectivity index (χ4v) is 3.31. The highest BCUT2D eigenvalue weighted by Gasteiger charge is 2.23. The van der Waals surface area contributed by atoms with E-state index in [0.29, 0.717) is 0 Å². The van der Waals surface area contributed by atoms with Gasteiger partial charge in [-0.25, -0.2) is 0 Å². The Kier molecular flexibility index (Phi) is 3.37. The number of anilines is 2. The minimum Gasteiger partial charge on any atom is -0.353 e. The van der Waals surface area contributed by atoms with E-state index in [-0.39, 0.29) is 0 Å². The maximum absolute atomic E-state index is 4.91. The summed E-state index contributed by atoms with van der Waals surface area (Å²) in [6, 6.07) is 0. The Morgan fingerprint density at radius 1 is 0.864 bits per heavy atom. The minimum absolute atomic E-state index is 0.863. The van der Waals surface area contributed by atoms with Gasteiger partial charge in [-0.15, -0.1) is 0 Å². The van der Waals surface area contributed by atoms with Crippen LogP contribution in [-0.4, -0.2) is 71.0 Å².